The van der Waals surface area contributed by atoms with Crippen LogP contribution in [-0.4, -0.2) is 46.1 Å². The van der Waals surface area contributed by atoms with Gasteiger partial charge in [0.1, 0.15) is 17.3 Å². The Kier molecular flexibility index (Phi) is 5.13. The highest BCUT2D eigenvalue weighted by Gasteiger charge is 2.23. The molecule has 0 bridgehead atoms. The molecular formula is C20H20FN5O3. The third-order valence-corrected chi connectivity index (χ3v) is 5.09. The predicted octanol–water partition coefficient (Wildman–Crippen LogP) is 2.22. The number of anilines is 1. The first kappa shape index (κ1) is 18.9. The zero-order chi connectivity index (χ0) is 20.4. The Balaban J connectivity index is 1.34. The number of benzene rings is 1. The Morgan fingerprint density at radius 1 is 1.14 bits per heavy atom. The lowest BCUT2D eigenvalue weighted by atomic mass is 10.0. The summed E-state index contributed by atoms with van der Waals surface area (Å²) in [5.41, 5.74) is 2.98. The van der Waals surface area contributed by atoms with Crippen LogP contribution in [0.2, 0.25) is 0 Å². The topological polar surface area (TPSA) is 110 Å². The molecule has 3 heterocycles. The molecule has 2 amide bonds. The van der Waals surface area contributed by atoms with Gasteiger partial charge in [-0.3, -0.25) is 14.8 Å². The zero-order valence-corrected chi connectivity index (χ0v) is 15.5. The molecule has 0 saturated carbocycles. The third kappa shape index (κ3) is 4.04. The molecule has 0 spiro atoms. The number of pyridine rings is 1. The van der Waals surface area contributed by atoms with Crippen molar-refractivity contribution in [2.75, 3.05) is 18.0 Å². The standard InChI is InChI=1S/C20H20FN5O3/c21-14-2-3-16-13(9-14)10-17(24-16)20(28)23-15-5-7-26(8-6-15)18-4-1-12(11-22-18)19(27)25-29/h1-4,9-11,15,24,29H,5-8H2,(H,23,28)(H,25,27). The molecule has 4 rings (SSSR count). The van der Waals surface area contributed by atoms with E-state index in [0.717, 1.165) is 24.2 Å². The first-order valence-corrected chi connectivity index (χ1v) is 9.28. The lowest BCUT2D eigenvalue weighted by Gasteiger charge is -2.33. The van der Waals surface area contributed by atoms with Gasteiger partial charge in [0.05, 0.1) is 5.56 Å². The molecule has 1 saturated heterocycles. The van der Waals surface area contributed by atoms with Crippen molar-refractivity contribution in [1.82, 2.24) is 20.8 Å². The number of carbonyl (C=O) groups excluding carboxylic acids is 2. The van der Waals surface area contributed by atoms with Crippen molar-refractivity contribution >= 4 is 28.5 Å². The molecule has 2 aromatic heterocycles. The van der Waals surface area contributed by atoms with E-state index in [-0.39, 0.29) is 23.3 Å². The van der Waals surface area contributed by atoms with Crippen molar-refractivity contribution in [1.29, 1.82) is 0 Å². The minimum absolute atomic E-state index is 0.0290. The summed E-state index contributed by atoms with van der Waals surface area (Å²) >= 11 is 0. The molecule has 1 aliphatic heterocycles. The molecule has 9 heteroatoms. The van der Waals surface area contributed by atoms with Crippen molar-refractivity contribution in [3.05, 3.63) is 59.7 Å². The van der Waals surface area contributed by atoms with E-state index < -0.39 is 5.91 Å². The molecule has 0 radical (unpaired) electrons. The van der Waals surface area contributed by atoms with Crippen LogP contribution in [-0.2, 0) is 0 Å². The highest BCUT2D eigenvalue weighted by molar-refractivity contribution is 5.98. The largest absolute Gasteiger partial charge is 0.356 e. The monoisotopic (exact) mass is 397 g/mol. The summed E-state index contributed by atoms with van der Waals surface area (Å²) in [7, 11) is 0. The van der Waals surface area contributed by atoms with Crippen LogP contribution in [0.25, 0.3) is 10.9 Å². The Hall–Kier alpha value is -3.46. The molecule has 1 aliphatic rings. The number of hydrogen-bond acceptors (Lipinski definition) is 5. The number of carbonyl (C=O) groups is 2. The van der Waals surface area contributed by atoms with Crippen molar-refractivity contribution in [3.8, 4) is 0 Å². The van der Waals surface area contributed by atoms with E-state index in [9.17, 15) is 14.0 Å². The van der Waals surface area contributed by atoms with E-state index in [1.165, 1.54) is 18.3 Å². The van der Waals surface area contributed by atoms with E-state index in [4.69, 9.17) is 5.21 Å². The summed E-state index contributed by atoms with van der Waals surface area (Å²) in [5, 5.41) is 12.3. The molecule has 3 aromatic rings. The maximum absolute atomic E-state index is 13.3. The number of nitrogens with zero attached hydrogens (tertiary/aromatic N) is 2. The van der Waals surface area contributed by atoms with Gasteiger partial charge in [-0.25, -0.2) is 14.9 Å². The van der Waals surface area contributed by atoms with Crippen LogP contribution in [0.15, 0.2) is 42.6 Å². The third-order valence-electron chi connectivity index (χ3n) is 5.09. The summed E-state index contributed by atoms with van der Waals surface area (Å²) in [5.74, 6) is -0.417. The second-order valence-corrected chi connectivity index (χ2v) is 7.00. The molecule has 29 heavy (non-hydrogen) atoms. The number of H-pyrrole nitrogens is 1. The maximum Gasteiger partial charge on any atom is 0.276 e. The molecule has 0 unspecified atom stereocenters. The molecule has 1 aromatic carbocycles. The number of hydrogen-bond donors (Lipinski definition) is 4. The van der Waals surface area contributed by atoms with Crippen molar-refractivity contribution in [2.45, 2.75) is 18.9 Å². The van der Waals surface area contributed by atoms with Gasteiger partial charge in [0.25, 0.3) is 11.8 Å². The molecule has 4 N–H and O–H groups in total. The van der Waals surface area contributed by atoms with Crippen molar-refractivity contribution < 1.29 is 19.2 Å². The van der Waals surface area contributed by atoms with Gasteiger partial charge < -0.3 is 15.2 Å². The average Bonchev–Trinajstić information content (AvgIpc) is 3.17. The predicted molar refractivity (Wildman–Crippen MR) is 104 cm³/mol. The van der Waals surface area contributed by atoms with E-state index in [1.54, 1.807) is 29.7 Å². The maximum atomic E-state index is 13.3. The second-order valence-electron chi connectivity index (χ2n) is 7.00. The number of amides is 2. The van der Waals surface area contributed by atoms with Crippen LogP contribution in [0, 0.1) is 5.82 Å². The zero-order valence-electron chi connectivity index (χ0n) is 15.5. The summed E-state index contributed by atoms with van der Waals surface area (Å²) in [4.78, 5) is 33.3. The molecule has 1 fully saturated rings. The highest BCUT2D eigenvalue weighted by Crippen LogP contribution is 2.20. The fraction of sp³-hybridized carbons (Fsp3) is 0.250. The van der Waals surface area contributed by atoms with Crippen LogP contribution >= 0.6 is 0 Å². The summed E-state index contributed by atoms with van der Waals surface area (Å²) < 4.78 is 13.3. The van der Waals surface area contributed by atoms with Crippen molar-refractivity contribution in [2.24, 2.45) is 0 Å². The Morgan fingerprint density at radius 2 is 1.93 bits per heavy atom. The quantitative estimate of drug-likeness (QED) is 0.399. The number of hydroxylamine groups is 1. The number of fused-ring (bicyclic) bond motifs is 1. The molecule has 0 aliphatic carbocycles. The van der Waals surface area contributed by atoms with Gasteiger partial charge in [0.15, 0.2) is 0 Å². The SMILES string of the molecule is O=C(NO)c1ccc(N2CCC(NC(=O)c3cc4cc(F)ccc4[nH]3)CC2)nc1. The number of rotatable bonds is 4. The summed E-state index contributed by atoms with van der Waals surface area (Å²) in [6.07, 6.45) is 2.91. The lowest BCUT2D eigenvalue weighted by molar-refractivity contribution is 0.0706. The number of aromatic nitrogens is 2. The van der Waals surface area contributed by atoms with Gasteiger partial charge in [-0.15, -0.1) is 0 Å². The molecule has 150 valence electrons. The van der Waals surface area contributed by atoms with Crippen molar-refractivity contribution in [3.63, 3.8) is 0 Å². The Labute approximate surface area is 165 Å². The van der Waals surface area contributed by atoms with E-state index >= 15 is 0 Å². The number of piperidine rings is 1. The fourth-order valence-corrected chi connectivity index (χ4v) is 3.51. The Bertz CT molecular complexity index is 1040. The average molecular weight is 397 g/mol. The summed E-state index contributed by atoms with van der Waals surface area (Å²) in [6, 6.07) is 9.37. The van der Waals surface area contributed by atoms with E-state index in [1.807, 2.05) is 0 Å². The number of aromatic amines is 1. The number of nitrogens with one attached hydrogen (secondary N) is 3. The van der Waals surface area contributed by atoms with Crippen LogP contribution in [0.3, 0.4) is 0 Å². The van der Waals surface area contributed by atoms with Gasteiger partial charge >= 0.3 is 0 Å². The molecule has 8 nitrogen and oxygen atoms in total. The minimum atomic E-state index is -0.606. The van der Waals surface area contributed by atoms with Gasteiger partial charge in [0.2, 0.25) is 0 Å². The van der Waals surface area contributed by atoms with Crippen LogP contribution < -0.4 is 15.7 Å². The van der Waals surface area contributed by atoms with E-state index in [0.29, 0.717) is 24.2 Å². The fourth-order valence-electron chi connectivity index (χ4n) is 3.51. The summed E-state index contributed by atoms with van der Waals surface area (Å²) in [6.45, 7) is 1.42. The Morgan fingerprint density at radius 3 is 2.62 bits per heavy atom. The molecular weight excluding hydrogens is 377 g/mol. The van der Waals surface area contributed by atoms with Gasteiger partial charge in [0, 0.05) is 36.2 Å². The van der Waals surface area contributed by atoms with Crippen LogP contribution in [0.1, 0.15) is 33.7 Å². The van der Waals surface area contributed by atoms with E-state index in [2.05, 4.69) is 20.2 Å². The molecule has 0 atom stereocenters. The van der Waals surface area contributed by atoms with Gasteiger partial charge in [-0.05, 0) is 49.2 Å². The normalized spacial score (nSPS) is 14.8. The second kappa shape index (κ2) is 7.88. The first-order chi connectivity index (χ1) is 14.0. The highest BCUT2D eigenvalue weighted by atomic mass is 19.1. The number of halogens is 1. The van der Waals surface area contributed by atoms with Crippen LogP contribution in [0.4, 0.5) is 10.2 Å². The minimum Gasteiger partial charge on any atom is -0.356 e. The van der Waals surface area contributed by atoms with Crippen LogP contribution in [0.5, 0.6) is 0 Å². The van der Waals surface area contributed by atoms with Gasteiger partial charge in [-0.2, -0.15) is 0 Å². The lowest BCUT2D eigenvalue weighted by Crippen LogP contribution is -2.45. The van der Waals surface area contributed by atoms with Gasteiger partial charge in [-0.1, -0.05) is 0 Å². The smallest absolute Gasteiger partial charge is 0.276 e. The first-order valence-electron chi connectivity index (χ1n) is 9.28.